The van der Waals surface area contributed by atoms with Crippen molar-refractivity contribution in [2.24, 2.45) is 0 Å². The first-order chi connectivity index (χ1) is 11.2. The minimum Gasteiger partial charge on any atom is -0.492 e. The number of halogens is 1. The van der Waals surface area contributed by atoms with Crippen LogP contribution in [0.15, 0.2) is 58.3 Å². The van der Waals surface area contributed by atoms with Gasteiger partial charge in [-0.25, -0.2) is 4.79 Å². The minimum absolute atomic E-state index is 0.361. The van der Waals surface area contributed by atoms with Gasteiger partial charge >= 0.3 is 6.09 Å². The van der Waals surface area contributed by atoms with Gasteiger partial charge in [0.15, 0.2) is 0 Å². The van der Waals surface area contributed by atoms with Crippen LogP contribution in [0.5, 0.6) is 5.75 Å². The molecular formula is C17H18ClNO3S. The van der Waals surface area contributed by atoms with Gasteiger partial charge in [-0.15, -0.1) is 0 Å². The van der Waals surface area contributed by atoms with Crippen molar-refractivity contribution in [3.8, 4) is 5.75 Å². The summed E-state index contributed by atoms with van der Waals surface area (Å²) in [7, 11) is 0. The maximum absolute atomic E-state index is 11.1. The predicted octanol–water partition coefficient (Wildman–Crippen LogP) is 4.62. The molecule has 0 unspecified atom stereocenters. The Hall–Kier alpha value is -1.85. The zero-order valence-corrected chi connectivity index (χ0v) is 14.3. The zero-order chi connectivity index (χ0) is 16.5. The Labute approximate surface area is 145 Å². The van der Waals surface area contributed by atoms with E-state index in [-0.39, 0.29) is 0 Å². The normalized spacial score (nSPS) is 10.2. The van der Waals surface area contributed by atoms with E-state index in [9.17, 15) is 4.79 Å². The molecular weight excluding hydrogens is 334 g/mol. The third-order valence-corrected chi connectivity index (χ3v) is 4.06. The molecule has 23 heavy (non-hydrogen) atoms. The lowest BCUT2D eigenvalue weighted by Crippen LogP contribution is -2.28. The molecule has 4 nitrogen and oxygen atoms in total. The number of ether oxygens (including phenoxy) is 2. The molecule has 0 atom stereocenters. The molecule has 0 spiro atoms. The standard InChI is InChI=1S/C17H18ClNO3S/c1-2-21-17(20)19-11-12-22-14-5-9-16(10-6-14)23-15-7-3-13(18)4-8-15/h3-10H,2,11-12H2,1H3,(H,19,20). The molecule has 0 aromatic heterocycles. The molecule has 0 saturated carbocycles. The second-order valence-electron chi connectivity index (χ2n) is 4.52. The van der Waals surface area contributed by atoms with Gasteiger partial charge < -0.3 is 14.8 Å². The molecule has 1 N–H and O–H groups in total. The van der Waals surface area contributed by atoms with Gasteiger partial charge in [0.05, 0.1) is 13.2 Å². The van der Waals surface area contributed by atoms with Crippen LogP contribution in [0.2, 0.25) is 5.02 Å². The van der Waals surface area contributed by atoms with Crippen LogP contribution < -0.4 is 10.1 Å². The topological polar surface area (TPSA) is 47.6 Å². The highest BCUT2D eigenvalue weighted by Crippen LogP contribution is 2.29. The first kappa shape index (κ1) is 17.5. The number of hydrogen-bond donors (Lipinski definition) is 1. The van der Waals surface area contributed by atoms with Gasteiger partial charge in [0.2, 0.25) is 0 Å². The average Bonchev–Trinajstić information content (AvgIpc) is 2.55. The van der Waals surface area contributed by atoms with E-state index in [0.717, 1.165) is 20.6 Å². The van der Waals surface area contributed by atoms with E-state index in [4.69, 9.17) is 21.1 Å². The summed E-state index contributed by atoms with van der Waals surface area (Å²) < 4.78 is 10.3. The first-order valence-electron chi connectivity index (χ1n) is 7.24. The van der Waals surface area contributed by atoms with E-state index in [1.165, 1.54) is 0 Å². The van der Waals surface area contributed by atoms with E-state index in [1.54, 1.807) is 18.7 Å². The zero-order valence-electron chi connectivity index (χ0n) is 12.8. The SMILES string of the molecule is CCOC(=O)NCCOc1ccc(Sc2ccc(Cl)cc2)cc1. The molecule has 0 saturated heterocycles. The minimum atomic E-state index is -0.425. The number of benzene rings is 2. The highest BCUT2D eigenvalue weighted by Gasteiger charge is 2.01. The third-order valence-electron chi connectivity index (χ3n) is 2.79. The van der Waals surface area contributed by atoms with Crippen LogP contribution >= 0.6 is 23.4 Å². The summed E-state index contributed by atoms with van der Waals surface area (Å²) in [4.78, 5) is 13.3. The summed E-state index contributed by atoms with van der Waals surface area (Å²) in [5.41, 5.74) is 0. The maximum atomic E-state index is 11.1. The van der Waals surface area contributed by atoms with Crippen molar-refractivity contribution in [1.82, 2.24) is 5.32 Å². The fourth-order valence-corrected chi connectivity index (χ4v) is 2.69. The highest BCUT2D eigenvalue weighted by molar-refractivity contribution is 7.99. The number of carbonyl (C=O) groups excluding carboxylic acids is 1. The van der Waals surface area contributed by atoms with Gasteiger partial charge in [-0.05, 0) is 55.5 Å². The number of carbonyl (C=O) groups is 1. The molecule has 6 heteroatoms. The number of alkyl carbamates (subject to hydrolysis) is 1. The fraction of sp³-hybridized carbons (Fsp3) is 0.235. The van der Waals surface area contributed by atoms with Crippen molar-refractivity contribution in [3.63, 3.8) is 0 Å². The summed E-state index contributed by atoms with van der Waals surface area (Å²) in [6.07, 6.45) is -0.425. The smallest absolute Gasteiger partial charge is 0.407 e. The molecule has 0 radical (unpaired) electrons. The maximum Gasteiger partial charge on any atom is 0.407 e. The second-order valence-corrected chi connectivity index (χ2v) is 6.11. The third kappa shape index (κ3) is 6.42. The van der Waals surface area contributed by atoms with E-state index >= 15 is 0 Å². The molecule has 0 heterocycles. The van der Waals surface area contributed by atoms with Crippen molar-refractivity contribution >= 4 is 29.5 Å². The van der Waals surface area contributed by atoms with Crippen LogP contribution in [-0.2, 0) is 4.74 Å². The Morgan fingerprint density at radius 2 is 1.70 bits per heavy atom. The van der Waals surface area contributed by atoms with E-state index in [2.05, 4.69) is 5.32 Å². The molecule has 0 aliphatic heterocycles. The Morgan fingerprint density at radius 1 is 1.09 bits per heavy atom. The largest absolute Gasteiger partial charge is 0.492 e. The van der Waals surface area contributed by atoms with Crippen LogP contribution in [0.1, 0.15) is 6.92 Å². The van der Waals surface area contributed by atoms with Gasteiger partial charge in [0.1, 0.15) is 12.4 Å². The average molecular weight is 352 g/mol. The number of amides is 1. The molecule has 2 aromatic carbocycles. The predicted molar refractivity (Wildman–Crippen MR) is 92.5 cm³/mol. The first-order valence-corrected chi connectivity index (χ1v) is 8.43. The lowest BCUT2D eigenvalue weighted by Gasteiger charge is -2.08. The Balaban J connectivity index is 1.76. The van der Waals surface area contributed by atoms with Gasteiger partial charge in [-0.1, -0.05) is 23.4 Å². The van der Waals surface area contributed by atoms with Crippen molar-refractivity contribution in [2.75, 3.05) is 19.8 Å². The molecule has 2 aromatic rings. The van der Waals surface area contributed by atoms with E-state index in [1.807, 2.05) is 48.5 Å². The van der Waals surface area contributed by atoms with Crippen molar-refractivity contribution in [1.29, 1.82) is 0 Å². The number of nitrogens with one attached hydrogen (secondary N) is 1. The van der Waals surface area contributed by atoms with Gasteiger partial charge in [0, 0.05) is 14.8 Å². The Morgan fingerprint density at radius 3 is 2.30 bits per heavy atom. The lowest BCUT2D eigenvalue weighted by molar-refractivity contribution is 0.150. The summed E-state index contributed by atoms with van der Waals surface area (Å²) in [5.74, 6) is 0.760. The monoisotopic (exact) mass is 351 g/mol. The summed E-state index contributed by atoms with van der Waals surface area (Å²) in [5, 5.41) is 3.33. The van der Waals surface area contributed by atoms with E-state index in [0.29, 0.717) is 19.8 Å². The molecule has 1 amide bonds. The van der Waals surface area contributed by atoms with Crippen molar-refractivity contribution in [3.05, 3.63) is 53.6 Å². The second kappa shape index (κ2) is 9.33. The van der Waals surface area contributed by atoms with Crippen LogP contribution in [0.25, 0.3) is 0 Å². The van der Waals surface area contributed by atoms with Crippen molar-refractivity contribution in [2.45, 2.75) is 16.7 Å². The number of rotatable bonds is 7. The Kier molecular flexibility index (Phi) is 7.10. The lowest BCUT2D eigenvalue weighted by atomic mass is 10.3. The quantitative estimate of drug-likeness (QED) is 0.739. The highest BCUT2D eigenvalue weighted by atomic mass is 35.5. The molecule has 122 valence electrons. The molecule has 2 rings (SSSR count). The summed E-state index contributed by atoms with van der Waals surface area (Å²) in [6.45, 7) is 2.92. The summed E-state index contributed by atoms with van der Waals surface area (Å²) >= 11 is 7.53. The van der Waals surface area contributed by atoms with Crippen LogP contribution in [-0.4, -0.2) is 25.9 Å². The van der Waals surface area contributed by atoms with Gasteiger partial charge in [-0.2, -0.15) is 0 Å². The van der Waals surface area contributed by atoms with Gasteiger partial charge in [0.25, 0.3) is 0 Å². The van der Waals surface area contributed by atoms with Crippen LogP contribution in [0.4, 0.5) is 4.79 Å². The van der Waals surface area contributed by atoms with Crippen LogP contribution in [0, 0.1) is 0 Å². The Bertz CT molecular complexity index is 617. The molecule has 0 aliphatic rings. The van der Waals surface area contributed by atoms with Gasteiger partial charge in [-0.3, -0.25) is 0 Å². The number of hydrogen-bond acceptors (Lipinski definition) is 4. The van der Waals surface area contributed by atoms with Crippen LogP contribution in [0.3, 0.4) is 0 Å². The van der Waals surface area contributed by atoms with Crippen molar-refractivity contribution < 1.29 is 14.3 Å². The summed E-state index contributed by atoms with van der Waals surface area (Å²) in [6, 6.07) is 15.5. The molecule has 0 bridgehead atoms. The molecule has 0 aliphatic carbocycles. The fourth-order valence-electron chi connectivity index (χ4n) is 1.75. The molecule has 0 fully saturated rings. The van der Waals surface area contributed by atoms with E-state index < -0.39 is 6.09 Å².